The predicted molar refractivity (Wildman–Crippen MR) is 114 cm³/mol. The Kier molecular flexibility index (Phi) is 12.8. The summed E-state index contributed by atoms with van der Waals surface area (Å²) in [6.07, 6.45) is 6.97. The Hall–Kier alpha value is -2.74. The molecule has 0 aliphatic heterocycles. The van der Waals surface area contributed by atoms with E-state index in [1.54, 1.807) is 24.3 Å². The highest BCUT2D eigenvalue weighted by molar-refractivity contribution is 5.99. The van der Waals surface area contributed by atoms with Crippen LogP contribution >= 0.6 is 0 Å². The molecule has 0 spiro atoms. The monoisotopic (exact) mass is 419 g/mol. The fourth-order valence-electron chi connectivity index (χ4n) is 3.00. The lowest BCUT2D eigenvalue weighted by molar-refractivity contribution is -0.137. The molecule has 0 radical (unpaired) electrons. The van der Waals surface area contributed by atoms with Crippen LogP contribution in [-0.4, -0.2) is 41.9 Å². The molecule has 5 N–H and O–H groups in total. The van der Waals surface area contributed by atoms with Gasteiger partial charge in [0.15, 0.2) is 0 Å². The second-order valence-electron chi connectivity index (χ2n) is 7.20. The second kappa shape index (κ2) is 15.1. The quantitative estimate of drug-likeness (QED) is 0.240. The van der Waals surface area contributed by atoms with Gasteiger partial charge in [0.1, 0.15) is 5.78 Å². The van der Waals surface area contributed by atoms with Crippen LogP contribution in [0.25, 0.3) is 0 Å². The molecule has 1 aromatic rings. The van der Waals surface area contributed by atoms with Gasteiger partial charge in [-0.05, 0) is 43.9 Å². The van der Waals surface area contributed by atoms with Gasteiger partial charge >= 0.3 is 5.97 Å². The Morgan fingerprint density at radius 1 is 0.767 bits per heavy atom. The standard InChI is InChI=1S/C22H33N3O5/c23-16-25-22(30)18-10-8-9-17(15-18)21(29)24-14-7-3-1-2-4-11-19(26)12-5-6-13-20(27)28/h8-10,15H,1-7,11-14,16,23H2,(H,24,29)(H,25,30)(H,27,28). The number of carbonyl (C=O) groups excluding carboxylic acids is 3. The van der Waals surface area contributed by atoms with Crippen molar-refractivity contribution in [1.29, 1.82) is 0 Å². The molecule has 8 heteroatoms. The molecule has 0 fully saturated rings. The number of hydrogen-bond donors (Lipinski definition) is 4. The Labute approximate surface area is 177 Å². The van der Waals surface area contributed by atoms with E-state index < -0.39 is 5.97 Å². The third kappa shape index (κ3) is 11.3. The molecule has 0 saturated heterocycles. The normalized spacial score (nSPS) is 10.4. The van der Waals surface area contributed by atoms with Crippen molar-refractivity contribution < 1.29 is 24.3 Å². The lowest BCUT2D eigenvalue weighted by Gasteiger charge is -2.07. The van der Waals surface area contributed by atoms with Crippen molar-refractivity contribution in [2.75, 3.05) is 13.2 Å². The molecule has 1 aromatic carbocycles. The molecule has 0 unspecified atom stereocenters. The van der Waals surface area contributed by atoms with Crippen LogP contribution in [0.4, 0.5) is 0 Å². The molecular formula is C22H33N3O5. The topological polar surface area (TPSA) is 139 Å². The number of nitrogens with one attached hydrogen (secondary N) is 2. The lowest BCUT2D eigenvalue weighted by atomic mass is 10.0. The zero-order valence-electron chi connectivity index (χ0n) is 17.5. The molecular weight excluding hydrogens is 386 g/mol. The maximum absolute atomic E-state index is 12.2. The summed E-state index contributed by atoms with van der Waals surface area (Å²) in [5.41, 5.74) is 6.12. The van der Waals surface area contributed by atoms with E-state index in [0.717, 1.165) is 32.1 Å². The van der Waals surface area contributed by atoms with E-state index in [4.69, 9.17) is 10.8 Å². The summed E-state index contributed by atoms with van der Waals surface area (Å²) in [6, 6.07) is 6.49. The maximum Gasteiger partial charge on any atom is 0.303 e. The van der Waals surface area contributed by atoms with Crippen molar-refractivity contribution in [3.05, 3.63) is 35.4 Å². The smallest absolute Gasteiger partial charge is 0.303 e. The molecule has 0 atom stereocenters. The van der Waals surface area contributed by atoms with Crippen molar-refractivity contribution in [1.82, 2.24) is 10.6 Å². The van der Waals surface area contributed by atoms with Gasteiger partial charge < -0.3 is 21.5 Å². The van der Waals surface area contributed by atoms with Crippen molar-refractivity contribution in [3.8, 4) is 0 Å². The largest absolute Gasteiger partial charge is 0.481 e. The summed E-state index contributed by atoms with van der Waals surface area (Å²) < 4.78 is 0. The number of carboxylic acids is 1. The van der Waals surface area contributed by atoms with Gasteiger partial charge in [-0.25, -0.2) is 0 Å². The van der Waals surface area contributed by atoms with Gasteiger partial charge in [-0.15, -0.1) is 0 Å². The first-order chi connectivity index (χ1) is 14.4. The highest BCUT2D eigenvalue weighted by Crippen LogP contribution is 2.09. The summed E-state index contributed by atoms with van der Waals surface area (Å²) in [7, 11) is 0. The Morgan fingerprint density at radius 2 is 1.30 bits per heavy atom. The van der Waals surface area contributed by atoms with Gasteiger partial charge in [0.2, 0.25) is 0 Å². The molecule has 2 amide bonds. The molecule has 0 aliphatic carbocycles. The van der Waals surface area contributed by atoms with E-state index in [9.17, 15) is 19.2 Å². The minimum absolute atomic E-state index is 0.0379. The van der Waals surface area contributed by atoms with E-state index in [1.165, 1.54) is 0 Å². The third-order valence-electron chi connectivity index (χ3n) is 4.66. The van der Waals surface area contributed by atoms with Crippen LogP contribution in [-0.2, 0) is 9.59 Å². The Balaban J connectivity index is 2.09. The highest BCUT2D eigenvalue weighted by atomic mass is 16.4. The first-order valence-electron chi connectivity index (χ1n) is 10.5. The first-order valence-corrected chi connectivity index (χ1v) is 10.5. The van der Waals surface area contributed by atoms with Crippen molar-refractivity contribution >= 4 is 23.6 Å². The van der Waals surface area contributed by atoms with Gasteiger partial charge in [0, 0.05) is 36.9 Å². The molecule has 166 valence electrons. The summed E-state index contributed by atoms with van der Waals surface area (Å²) in [6.45, 7) is 0.594. The summed E-state index contributed by atoms with van der Waals surface area (Å²) >= 11 is 0. The van der Waals surface area contributed by atoms with Gasteiger partial charge in [0.05, 0.1) is 6.67 Å². The molecule has 0 saturated carbocycles. The number of Topliss-reactive ketones (excluding diaryl/α,β-unsaturated/α-hetero) is 1. The maximum atomic E-state index is 12.2. The number of hydrogen-bond acceptors (Lipinski definition) is 5. The highest BCUT2D eigenvalue weighted by Gasteiger charge is 2.09. The van der Waals surface area contributed by atoms with Crippen LogP contribution in [0.15, 0.2) is 24.3 Å². The number of rotatable bonds is 16. The van der Waals surface area contributed by atoms with E-state index in [1.807, 2.05) is 0 Å². The van der Waals surface area contributed by atoms with E-state index in [0.29, 0.717) is 43.4 Å². The van der Waals surface area contributed by atoms with E-state index in [-0.39, 0.29) is 30.7 Å². The number of unbranched alkanes of at least 4 members (excludes halogenated alkanes) is 5. The number of ketones is 1. The van der Waals surface area contributed by atoms with Gasteiger partial charge in [0.25, 0.3) is 11.8 Å². The van der Waals surface area contributed by atoms with Gasteiger partial charge in [-0.1, -0.05) is 25.3 Å². The van der Waals surface area contributed by atoms with Crippen LogP contribution in [0.3, 0.4) is 0 Å². The van der Waals surface area contributed by atoms with Gasteiger partial charge in [-0.3, -0.25) is 19.2 Å². The van der Waals surface area contributed by atoms with Crippen LogP contribution in [0.5, 0.6) is 0 Å². The van der Waals surface area contributed by atoms with Gasteiger partial charge in [-0.2, -0.15) is 0 Å². The number of aliphatic carboxylic acids is 1. The number of carbonyl (C=O) groups is 4. The van der Waals surface area contributed by atoms with Crippen LogP contribution in [0.1, 0.15) is 84.9 Å². The Bertz CT molecular complexity index is 706. The average Bonchev–Trinajstić information content (AvgIpc) is 2.73. The van der Waals surface area contributed by atoms with Crippen molar-refractivity contribution in [2.24, 2.45) is 5.73 Å². The molecule has 0 heterocycles. The number of nitrogens with two attached hydrogens (primary N) is 1. The molecule has 30 heavy (non-hydrogen) atoms. The van der Waals surface area contributed by atoms with Crippen LogP contribution in [0, 0.1) is 0 Å². The average molecular weight is 420 g/mol. The Morgan fingerprint density at radius 3 is 1.93 bits per heavy atom. The predicted octanol–water partition coefficient (Wildman–Crippen LogP) is 2.62. The first kappa shape index (κ1) is 25.3. The summed E-state index contributed by atoms with van der Waals surface area (Å²) in [5.74, 6) is -1.14. The lowest BCUT2D eigenvalue weighted by Crippen LogP contribution is -2.30. The van der Waals surface area contributed by atoms with E-state index >= 15 is 0 Å². The summed E-state index contributed by atoms with van der Waals surface area (Å²) in [4.78, 5) is 46.1. The molecule has 0 aromatic heterocycles. The molecule has 0 bridgehead atoms. The SMILES string of the molecule is NCNC(=O)c1cccc(C(=O)NCCCCCCCC(=O)CCCCC(=O)O)c1. The minimum atomic E-state index is -0.818. The van der Waals surface area contributed by atoms with Crippen LogP contribution in [0.2, 0.25) is 0 Å². The zero-order valence-corrected chi connectivity index (χ0v) is 17.5. The molecule has 0 aliphatic rings. The number of carboxylic acid groups (broad SMARTS) is 1. The third-order valence-corrected chi connectivity index (χ3v) is 4.66. The fourth-order valence-corrected chi connectivity index (χ4v) is 3.00. The van der Waals surface area contributed by atoms with E-state index in [2.05, 4.69) is 10.6 Å². The van der Waals surface area contributed by atoms with Crippen molar-refractivity contribution in [2.45, 2.75) is 64.2 Å². The number of benzene rings is 1. The van der Waals surface area contributed by atoms with Crippen LogP contribution < -0.4 is 16.4 Å². The minimum Gasteiger partial charge on any atom is -0.481 e. The fraction of sp³-hybridized carbons (Fsp3) is 0.545. The van der Waals surface area contributed by atoms with Crippen molar-refractivity contribution in [3.63, 3.8) is 0 Å². The second-order valence-corrected chi connectivity index (χ2v) is 7.20. The summed E-state index contributed by atoms with van der Waals surface area (Å²) in [5, 5.41) is 13.9. The zero-order chi connectivity index (χ0) is 22.2. The number of amides is 2. The molecule has 1 rings (SSSR count). The molecule has 8 nitrogen and oxygen atoms in total.